The third kappa shape index (κ3) is 3.41. The number of fused-ring (bicyclic) bond motifs is 1. The second-order valence-corrected chi connectivity index (χ2v) is 5.96. The molecule has 0 atom stereocenters. The Morgan fingerprint density at radius 1 is 1.28 bits per heavy atom. The van der Waals surface area contributed by atoms with Crippen LogP contribution in [0.2, 0.25) is 0 Å². The lowest BCUT2D eigenvalue weighted by atomic mass is 10.0. The number of allylic oxidation sites excluding steroid dienone is 7. The largest absolute Gasteiger partial charge is 0.354 e. The molecule has 3 nitrogen and oxygen atoms in total. The van der Waals surface area contributed by atoms with Crippen molar-refractivity contribution in [1.29, 1.82) is 0 Å². The highest BCUT2D eigenvalue weighted by atomic mass is 15.3. The number of nitrogens with one attached hydrogen (secondary N) is 2. The first-order chi connectivity index (χ1) is 12.2. The molecule has 25 heavy (non-hydrogen) atoms. The van der Waals surface area contributed by atoms with E-state index in [-0.39, 0.29) is 0 Å². The molecule has 3 rings (SSSR count). The molecular formula is C22H23N3. The van der Waals surface area contributed by atoms with E-state index in [1.165, 1.54) is 10.9 Å². The Morgan fingerprint density at radius 2 is 2.12 bits per heavy atom. The first kappa shape index (κ1) is 16.8. The summed E-state index contributed by atoms with van der Waals surface area (Å²) in [6.07, 6.45) is 10.8. The standard InChI is InChI=1S/C22H23N3/c1-5-8-17(9-6-2)21-14-19(15(4)24-25-21)22-13-18-11-10-16(7-3)12-20(18)23-22/h5-6,8-14,23-24H,1,4,7H2,2-3H3/b9-6-,17-8+. The van der Waals surface area contributed by atoms with Crippen molar-refractivity contribution in [3.63, 3.8) is 0 Å². The van der Waals surface area contributed by atoms with Crippen LogP contribution in [0.3, 0.4) is 0 Å². The number of H-pyrrole nitrogens is 1. The van der Waals surface area contributed by atoms with Gasteiger partial charge in [0.15, 0.2) is 0 Å². The smallest absolute Gasteiger partial charge is 0.0913 e. The molecule has 0 spiro atoms. The average molecular weight is 329 g/mol. The minimum Gasteiger partial charge on any atom is -0.354 e. The number of aromatic nitrogens is 1. The van der Waals surface area contributed by atoms with Gasteiger partial charge in [-0.1, -0.05) is 56.5 Å². The van der Waals surface area contributed by atoms with Crippen LogP contribution in [-0.4, -0.2) is 10.7 Å². The molecule has 0 bridgehead atoms. The highest BCUT2D eigenvalue weighted by Gasteiger charge is 2.16. The van der Waals surface area contributed by atoms with Gasteiger partial charge < -0.3 is 4.98 Å². The summed E-state index contributed by atoms with van der Waals surface area (Å²) < 4.78 is 0. The number of hydrogen-bond donors (Lipinski definition) is 2. The molecule has 1 aliphatic rings. The quantitative estimate of drug-likeness (QED) is 0.720. The van der Waals surface area contributed by atoms with Crippen LogP contribution in [0.15, 0.2) is 84.2 Å². The molecule has 0 saturated carbocycles. The van der Waals surface area contributed by atoms with Crippen LogP contribution in [0.5, 0.6) is 0 Å². The summed E-state index contributed by atoms with van der Waals surface area (Å²) in [7, 11) is 0. The van der Waals surface area contributed by atoms with E-state index in [4.69, 9.17) is 0 Å². The second kappa shape index (κ2) is 7.22. The number of hydrogen-bond acceptors (Lipinski definition) is 2. The molecule has 2 N–H and O–H groups in total. The van der Waals surface area contributed by atoms with Crippen molar-refractivity contribution in [2.75, 3.05) is 0 Å². The minimum atomic E-state index is 0.782. The van der Waals surface area contributed by atoms with Crippen LogP contribution >= 0.6 is 0 Å². The molecule has 0 saturated heterocycles. The Morgan fingerprint density at radius 3 is 2.84 bits per heavy atom. The van der Waals surface area contributed by atoms with E-state index in [0.717, 1.165) is 40.2 Å². The van der Waals surface area contributed by atoms with Crippen molar-refractivity contribution in [2.45, 2.75) is 20.3 Å². The maximum absolute atomic E-state index is 4.41. The second-order valence-electron chi connectivity index (χ2n) is 5.96. The molecule has 126 valence electrons. The van der Waals surface area contributed by atoms with Gasteiger partial charge in [-0.15, -0.1) is 0 Å². The van der Waals surface area contributed by atoms with Gasteiger partial charge in [0, 0.05) is 27.7 Å². The fourth-order valence-corrected chi connectivity index (χ4v) is 2.90. The zero-order valence-electron chi connectivity index (χ0n) is 14.8. The van der Waals surface area contributed by atoms with E-state index >= 15 is 0 Å². The molecule has 2 aromatic rings. The maximum atomic E-state index is 4.41. The van der Waals surface area contributed by atoms with Crippen LogP contribution in [0.25, 0.3) is 16.5 Å². The number of benzene rings is 1. The Balaban J connectivity index is 2.05. The zero-order valence-corrected chi connectivity index (χ0v) is 14.8. The number of rotatable bonds is 5. The SMILES string of the molecule is C=C/C=C(\C=C/C)C1=NNC(=C)C(c2cc3ccc(CC)cc3[nH]2)=C1. The highest BCUT2D eigenvalue weighted by Crippen LogP contribution is 2.27. The molecule has 0 unspecified atom stereocenters. The average Bonchev–Trinajstić information content (AvgIpc) is 3.04. The van der Waals surface area contributed by atoms with E-state index in [1.54, 1.807) is 6.08 Å². The predicted molar refractivity (Wildman–Crippen MR) is 108 cm³/mol. The van der Waals surface area contributed by atoms with Gasteiger partial charge in [0.05, 0.1) is 11.4 Å². The molecule has 3 heteroatoms. The summed E-state index contributed by atoms with van der Waals surface area (Å²) in [5, 5.41) is 5.61. The van der Waals surface area contributed by atoms with E-state index < -0.39 is 0 Å². The molecule has 0 fully saturated rings. The molecule has 0 amide bonds. The van der Waals surface area contributed by atoms with Crippen molar-refractivity contribution in [1.82, 2.24) is 10.4 Å². The topological polar surface area (TPSA) is 40.2 Å². The summed E-state index contributed by atoms with van der Waals surface area (Å²) >= 11 is 0. The number of aryl methyl sites for hydroxylation is 1. The van der Waals surface area contributed by atoms with Crippen molar-refractivity contribution in [2.24, 2.45) is 5.10 Å². The van der Waals surface area contributed by atoms with Crippen molar-refractivity contribution >= 4 is 22.2 Å². The molecule has 1 aliphatic heterocycles. The highest BCUT2D eigenvalue weighted by molar-refractivity contribution is 6.16. The zero-order chi connectivity index (χ0) is 17.8. The van der Waals surface area contributed by atoms with Gasteiger partial charge in [0.2, 0.25) is 0 Å². The van der Waals surface area contributed by atoms with Crippen molar-refractivity contribution in [3.8, 4) is 0 Å². The molecule has 2 heterocycles. The fraction of sp³-hybridized carbons (Fsp3) is 0.136. The van der Waals surface area contributed by atoms with Gasteiger partial charge >= 0.3 is 0 Å². The van der Waals surface area contributed by atoms with Crippen molar-refractivity contribution in [3.05, 3.63) is 90.3 Å². The number of nitrogens with zero attached hydrogens (tertiary/aromatic N) is 1. The van der Waals surface area contributed by atoms with Crippen LogP contribution < -0.4 is 5.43 Å². The monoisotopic (exact) mass is 329 g/mol. The van der Waals surface area contributed by atoms with E-state index in [9.17, 15) is 0 Å². The summed E-state index contributed by atoms with van der Waals surface area (Å²) in [6, 6.07) is 8.69. The Labute approximate surface area is 148 Å². The summed E-state index contributed by atoms with van der Waals surface area (Å²) in [6.45, 7) is 12.0. The first-order valence-electron chi connectivity index (χ1n) is 8.48. The molecular weight excluding hydrogens is 306 g/mol. The Hall–Kier alpha value is -3.07. The van der Waals surface area contributed by atoms with Crippen LogP contribution in [-0.2, 0) is 6.42 Å². The third-order valence-electron chi connectivity index (χ3n) is 4.24. The van der Waals surface area contributed by atoms with Gasteiger partial charge in [-0.3, -0.25) is 5.43 Å². The normalized spacial score (nSPS) is 15.3. The van der Waals surface area contributed by atoms with Gasteiger partial charge in [-0.2, -0.15) is 5.10 Å². The van der Waals surface area contributed by atoms with Crippen molar-refractivity contribution < 1.29 is 0 Å². The summed E-state index contributed by atoms with van der Waals surface area (Å²) in [5.74, 6) is 0. The third-order valence-corrected chi connectivity index (χ3v) is 4.24. The van der Waals surface area contributed by atoms with E-state index in [2.05, 4.69) is 65.9 Å². The lowest BCUT2D eigenvalue weighted by molar-refractivity contribution is 0.919. The van der Waals surface area contributed by atoms with Crippen LogP contribution in [0.4, 0.5) is 0 Å². The van der Waals surface area contributed by atoms with E-state index in [1.807, 2.05) is 25.2 Å². The Bertz CT molecular complexity index is 949. The maximum Gasteiger partial charge on any atom is 0.0913 e. The molecule has 0 aliphatic carbocycles. The molecule has 1 aromatic carbocycles. The fourth-order valence-electron chi connectivity index (χ4n) is 2.90. The summed E-state index contributed by atoms with van der Waals surface area (Å²) in [4.78, 5) is 3.51. The van der Waals surface area contributed by atoms with Crippen LogP contribution in [0, 0.1) is 0 Å². The minimum absolute atomic E-state index is 0.782. The van der Waals surface area contributed by atoms with Gasteiger partial charge in [-0.05, 0) is 37.1 Å². The van der Waals surface area contributed by atoms with E-state index in [0.29, 0.717) is 0 Å². The predicted octanol–water partition coefficient (Wildman–Crippen LogP) is 5.28. The lowest BCUT2D eigenvalue weighted by Crippen LogP contribution is -2.17. The van der Waals surface area contributed by atoms with Gasteiger partial charge in [0.25, 0.3) is 0 Å². The molecule has 0 radical (unpaired) electrons. The molecule has 1 aromatic heterocycles. The lowest BCUT2D eigenvalue weighted by Gasteiger charge is -2.16. The number of hydrazone groups is 1. The number of aromatic amines is 1. The summed E-state index contributed by atoms with van der Waals surface area (Å²) in [5.41, 5.74) is 10.2. The van der Waals surface area contributed by atoms with Crippen LogP contribution in [0.1, 0.15) is 25.1 Å². The Kier molecular flexibility index (Phi) is 4.85. The van der Waals surface area contributed by atoms with Gasteiger partial charge in [0.1, 0.15) is 0 Å². The first-order valence-corrected chi connectivity index (χ1v) is 8.48. The van der Waals surface area contributed by atoms with Gasteiger partial charge in [-0.25, -0.2) is 0 Å².